The monoisotopic (exact) mass is 326 g/mol. The van der Waals surface area contributed by atoms with Crippen LogP contribution in [0.2, 0.25) is 0 Å². The Balaban J connectivity index is 1.89. The molecule has 2 aromatic rings. The van der Waals surface area contributed by atoms with Crippen molar-refractivity contribution >= 4 is 28.3 Å². The summed E-state index contributed by atoms with van der Waals surface area (Å²) in [4.78, 5) is 23.3. The molecule has 0 bridgehead atoms. The van der Waals surface area contributed by atoms with E-state index in [1.54, 1.807) is 0 Å². The number of anilines is 1. The summed E-state index contributed by atoms with van der Waals surface area (Å²) in [6.07, 6.45) is 0.702. The van der Waals surface area contributed by atoms with Crippen molar-refractivity contribution < 1.29 is 18.4 Å². The van der Waals surface area contributed by atoms with Gasteiger partial charge in [0.1, 0.15) is 16.6 Å². The number of hydrogen-bond acceptors (Lipinski definition) is 5. The van der Waals surface area contributed by atoms with Gasteiger partial charge in [-0.3, -0.25) is 14.9 Å². The minimum absolute atomic E-state index is 0.323. The molecule has 9 heteroatoms. The first-order valence-corrected chi connectivity index (χ1v) is 7.16. The summed E-state index contributed by atoms with van der Waals surface area (Å²) in [5.41, 5.74) is -0.335. The molecule has 2 N–H and O–H groups in total. The van der Waals surface area contributed by atoms with Crippen LogP contribution in [0.4, 0.5) is 13.9 Å². The Morgan fingerprint density at radius 1 is 1.27 bits per heavy atom. The Labute approximate surface area is 128 Å². The molecule has 0 saturated heterocycles. The van der Waals surface area contributed by atoms with Crippen molar-refractivity contribution in [2.45, 2.75) is 13.3 Å². The van der Waals surface area contributed by atoms with Crippen LogP contribution < -0.4 is 10.6 Å². The van der Waals surface area contributed by atoms with Crippen molar-refractivity contribution in [3.63, 3.8) is 0 Å². The number of amides is 2. The third-order valence-corrected chi connectivity index (χ3v) is 3.58. The van der Waals surface area contributed by atoms with E-state index in [9.17, 15) is 18.4 Å². The first kappa shape index (κ1) is 16.0. The molecule has 0 atom stereocenters. The molecule has 2 amide bonds. The van der Waals surface area contributed by atoms with Crippen molar-refractivity contribution in [2.75, 3.05) is 11.9 Å². The molecular formula is C13H12F2N4O2S. The number of nitrogens with zero attached hydrogens (tertiary/aromatic N) is 2. The van der Waals surface area contributed by atoms with Gasteiger partial charge in [-0.1, -0.05) is 18.3 Å². The Morgan fingerprint density at radius 2 is 2.05 bits per heavy atom. The summed E-state index contributed by atoms with van der Waals surface area (Å²) in [5.74, 6) is -3.10. The zero-order valence-electron chi connectivity index (χ0n) is 11.5. The van der Waals surface area contributed by atoms with Gasteiger partial charge < -0.3 is 5.32 Å². The highest BCUT2D eigenvalue weighted by Gasteiger charge is 2.14. The quantitative estimate of drug-likeness (QED) is 0.877. The molecular weight excluding hydrogens is 314 g/mol. The number of rotatable bonds is 5. The number of benzene rings is 1. The highest BCUT2D eigenvalue weighted by atomic mass is 32.1. The van der Waals surface area contributed by atoms with Gasteiger partial charge in [-0.25, -0.2) is 8.78 Å². The zero-order valence-corrected chi connectivity index (χ0v) is 12.3. The molecule has 0 spiro atoms. The maximum Gasteiger partial charge on any atom is 0.254 e. The largest absolute Gasteiger partial charge is 0.343 e. The Morgan fingerprint density at radius 3 is 2.68 bits per heavy atom. The van der Waals surface area contributed by atoms with Crippen molar-refractivity contribution in [3.05, 3.63) is 40.4 Å². The SMILES string of the molecule is CCc1nnc(NC(=O)CNC(=O)c2ccc(F)cc2F)s1. The summed E-state index contributed by atoms with van der Waals surface area (Å²) >= 11 is 1.23. The predicted octanol–water partition coefficient (Wildman–Crippen LogP) is 1.75. The number of hydrogen-bond donors (Lipinski definition) is 2. The van der Waals surface area contributed by atoms with Crippen LogP contribution in [0, 0.1) is 11.6 Å². The third-order valence-electron chi connectivity index (χ3n) is 2.60. The van der Waals surface area contributed by atoms with E-state index in [1.807, 2.05) is 6.92 Å². The maximum atomic E-state index is 13.4. The second-order valence-electron chi connectivity index (χ2n) is 4.21. The summed E-state index contributed by atoms with van der Waals surface area (Å²) in [5, 5.41) is 13.4. The molecule has 1 aromatic carbocycles. The van der Waals surface area contributed by atoms with Gasteiger partial charge in [-0.05, 0) is 18.6 Å². The number of aryl methyl sites for hydroxylation is 1. The fraction of sp³-hybridized carbons (Fsp3) is 0.231. The van der Waals surface area contributed by atoms with Crippen LogP contribution in [0.15, 0.2) is 18.2 Å². The third kappa shape index (κ3) is 4.04. The van der Waals surface area contributed by atoms with Crippen LogP contribution in [-0.2, 0) is 11.2 Å². The van der Waals surface area contributed by atoms with Crippen molar-refractivity contribution in [1.29, 1.82) is 0 Å². The van der Waals surface area contributed by atoms with Crippen LogP contribution in [0.5, 0.6) is 0 Å². The lowest BCUT2D eigenvalue weighted by Crippen LogP contribution is -2.33. The molecule has 0 aliphatic rings. The van der Waals surface area contributed by atoms with Gasteiger partial charge in [0.25, 0.3) is 5.91 Å². The van der Waals surface area contributed by atoms with Gasteiger partial charge in [-0.2, -0.15) is 0 Å². The number of carbonyl (C=O) groups is 2. The number of halogens is 2. The molecule has 1 aromatic heterocycles. The smallest absolute Gasteiger partial charge is 0.254 e. The zero-order chi connectivity index (χ0) is 16.1. The molecule has 0 saturated carbocycles. The van der Waals surface area contributed by atoms with Gasteiger partial charge >= 0.3 is 0 Å². The topological polar surface area (TPSA) is 84.0 Å². The minimum Gasteiger partial charge on any atom is -0.343 e. The summed E-state index contributed by atoms with van der Waals surface area (Å²) < 4.78 is 26.1. The van der Waals surface area contributed by atoms with Crippen molar-refractivity contribution in [3.8, 4) is 0 Å². The predicted molar refractivity (Wildman–Crippen MR) is 76.6 cm³/mol. The van der Waals surface area contributed by atoms with Crippen LogP contribution in [0.25, 0.3) is 0 Å². The molecule has 116 valence electrons. The highest BCUT2D eigenvalue weighted by molar-refractivity contribution is 7.15. The molecule has 0 radical (unpaired) electrons. The Hall–Kier alpha value is -2.42. The van der Waals surface area contributed by atoms with E-state index >= 15 is 0 Å². The lowest BCUT2D eigenvalue weighted by atomic mass is 10.2. The number of aromatic nitrogens is 2. The standard InChI is InChI=1S/C13H12F2N4O2S/c1-2-11-18-19-13(22-11)17-10(20)6-16-12(21)8-4-3-7(14)5-9(8)15/h3-5H,2,6H2,1H3,(H,16,21)(H,17,19,20). The fourth-order valence-electron chi connectivity index (χ4n) is 1.54. The molecule has 2 rings (SSSR count). The van der Waals surface area contributed by atoms with E-state index in [1.165, 1.54) is 11.3 Å². The molecule has 0 unspecified atom stereocenters. The highest BCUT2D eigenvalue weighted by Crippen LogP contribution is 2.15. The lowest BCUT2D eigenvalue weighted by Gasteiger charge is -2.05. The maximum absolute atomic E-state index is 13.4. The van der Waals surface area contributed by atoms with Crippen LogP contribution in [0.1, 0.15) is 22.3 Å². The molecule has 0 fully saturated rings. The average molecular weight is 326 g/mol. The Kier molecular flexibility index (Phi) is 5.10. The van der Waals surface area contributed by atoms with E-state index in [-0.39, 0.29) is 12.1 Å². The first-order chi connectivity index (χ1) is 10.5. The minimum atomic E-state index is -0.991. The average Bonchev–Trinajstić information content (AvgIpc) is 2.92. The first-order valence-electron chi connectivity index (χ1n) is 6.35. The molecule has 0 aliphatic carbocycles. The fourth-order valence-corrected chi connectivity index (χ4v) is 2.24. The van der Waals surface area contributed by atoms with Gasteiger partial charge in [0, 0.05) is 6.07 Å². The number of carbonyl (C=O) groups excluding carboxylic acids is 2. The van der Waals surface area contributed by atoms with E-state index in [0.717, 1.165) is 17.1 Å². The summed E-state index contributed by atoms with van der Waals surface area (Å²) in [7, 11) is 0. The number of nitrogens with one attached hydrogen (secondary N) is 2. The second kappa shape index (κ2) is 7.03. The van der Waals surface area contributed by atoms with Gasteiger partial charge in [0.2, 0.25) is 11.0 Å². The van der Waals surface area contributed by atoms with Crippen LogP contribution >= 0.6 is 11.3 Å². The summed E-state index contributed by atoms with van der Waals surface area (Å²) in [6, 6.07) is 2.57. The van der Waals surface area contributed by atoms with Crippen molar-refractivity contribution in [2.24, 2.45) is 0 Å². The van der Waals surface area contributed by atoms with E-state index in [4.69, 9.17) is 0 Å². The van der Waals surface area contributed by atoms with Crippen LogP contribution in [0.3, 0.4) is 0 Å². The van der Waals surface area contributed by atoms with Crippen molar-refractivity contribution in [1.82, 2.24) is 15.5 Å². The summed E-state index contributed by atoms with van der Waals surface area (Å²) in [6.45, 7) is 1.54. The van der Waals surface area contributed by atoms with E-state index in [2.05, 4.69) is 20.8 Å². The van der Waals surface area contributed by atoms with Gasteiger partial charge in [0.15, 0.2) is 0 Å². The van der Waals surface area contributed by atoms with Gasteiger partial charge in [-0.15, -0.1) is 10.2 Å². The molecule has 1 heterocycles. The molecule has 6 nitrogen and oxygen atoms in total. The molecule has 0 aliphatic heterocycles. The Bertz CT molecular complexity index is 705. The molecule has 22 heavy (non-hydrogen) atoms. The normalized spacial score (nSPS) is 10.3. The van der Waals surface area contributed by atoms with E-state index in [0.29, 0.717) is 17.6 Å². The lowest BCUT2D eigenvalue weighted by molar-refractivity contribution is -0.115. The van der Waals surface area contributed by atoms with Crippen LogP contribution in [-0.4, -0.2) is 28.6 Å². The van der Waals surface area contributed by atoms with E-state index < -0.39 is 23.4 Å². The van der Waals surface area contributed by atoms with Gasteiger partial charge in [0.05, 0.1) is 12.1 Å². The second-order valence-corrected chi connectivity index (χ2v) is 5.27.